The summed E-state index contributed by atoms with van der Waals surface area (Å²) < 4.78 is 0. The minimum atomic E-state index is -0.596. The molecule has 9 heteroatoms. The van der Waals surface area contributed by atoms with Gasteiger partial charge in [0.1, 0.15) is 6.04 Å². The Labute approximate surface area is 220 Å². The predicted molar refractivity (Wildman–Crippen MR) is 142 cm³/mol. The van der Waals surface area contributed by atoms with E-state index in [1.54, 1.807) is 35.2 Å². The van der Waals surface area contributed by atoms with Gasteiger partial charge in [-0.2, -0.15) is 0 Å². The Morgan fingerprint density at radius 1 is 0.970 bits per heavy atom. The summed E-state index contributed by atoms with van der Waals surface area (Å²) in [5.74, 6) is 0.448. The fourth-order valence-electron chi connectivity index (χ4n) is 3.23. The minimum Gasteiger partial charge on any atom is -0.354 e. The lowest BCUT2D eigenvalue weighted by Gasteiger charge is -2.31. The zero-order valence-electron chi connectivity index (χ0n) is 18.7. The van der Waals surface area contributed by atoms with Gasteiger partial charge in [-0.1, -0.05) is 78.8 Å². The van der Waals surface area contributed by atoms with E-state index in [9.17, 15) is 9.59 Å². The quantitative estimate of drug-likeness (QED) is 0.283. The summed E-state index contributed by atoms with van der Waals surface area (Å²) in [7, 11) is 0. The number of nitrogens with zero attached hydrogens (tertiary/aromatic N) is 1. The number of halogens is 4. The molecule has 0 aliphatic carbocycles. The maximum atomic E-state index is 13.3. The van der Waals surface area contributed by atoms with Crippen LogP contribution in [0.25, 0.3) is 0 Å². The van der Waals surface area contributed by atoms with Crippen LogP contribution < -0.4 is 5.32 Å². The van der Waals surface area contributed by atoms with Crippen molar-refractivity contribution in [1.82, 2.24) is 10.2 Å². The van der Waals surface area contributed by atoms with Crippen LogP contribution in [0.4, 0.5) is 0 Å². The number of thioether (sulfide) groups is 1. The summed E-state index contributed by atoms with van der Waals surface area (Å²) in [5, 5.41) is 5.06. The van der Waals surface area contributed by atoms with E-state index in [0.29, 0.717) is 38.8 Å². The van der Waals surface area contributed by atoms with Crippen LogP contribution in [0, 0.1) is 0 Å². The molecule has 0 aliphatic heterocycles. The summed E-state index contributed by atoms with van der Waals surface area (Å²) in [4.78, 5) is 27.8. The number of nitrogens with one attached hydrogen (secondary N) is 1. The van der Waals surface area contributed by atoms with Crippen LogP contribution in [0.2, 0.25) is 20.1 Å². The van der Waals surface area contributed by atoms with Gasteiger partial charge >= 0.3 is 0 Å². The van der Waals surface area contributed by atoms with Crippen molar-refractivity contribution in [3.8, 4) is 0 Å². The fourth-order valence-corrected chi connectivity index (χ4v) is 5.17. The summed E-state index contributed by atoms with van der Waals surface area (Å²) in [6.07, 6.45) is 2.35. The molecule has 33 heavy (non-hydrogen) atoms. The average Bonchev–Trinajstić information content (AvgIpc) is 2.76. The summed E-state index contributed by atoms with van der Waals surface area (Å²) in [6.45, 7) is 4.76. The van der Waals surface area contributed by atoms with Gasteiger partial charge in [-0.05, 0) is 48.2 Å². The highest BCUT2D eigenvalue weighted by Crippen LogP contribution is 2.27. The number of amides is 2. The molecule has 2 rings (SSSR count). The van der Waals surface area contributed by atoms with Crippen molar-refractivity contribution in [3.05, 3.63) is 67.6 Å². The highest BCUT2D eigenvalue weighted by atomic mass is 35.5. The standard InChI is InChI=1S/C24H28Cl4N2O2S/c1-3-5-10-29-24(32)22(4-2)30(13-16-6-8-18(25)11-20(16)27)23(31)15-33-14-17-7-9-19(26)12-21(17)28/h6-9,11-12,22H,3-5,10,13-15H2,1-2H3,(H,29,32)/t22-/m0/s1. The molecule has 180 valence electrons. The SMILES string of the molecule is CCCCNC(=O)[C@H](CC)N(Cc1ccc(Cl)cc1Cl)C(=O)CSCc1ccc(Cl)cc1Cl. The van der Waals surface area contributed by atoms with Gasteiger partial charge in [0.25, 0.3) is 0 Å². The number of unbranched alkanes of at least 4 members (excludes halogenated alkanes) is 1. The third kappa shape index (κ3) is 8.88. The first kappa shape index (κ1) is 28.1. The first-order valence-electron chi connectivity index (χ1n) is 10.8. The lowest BCUT2D eigenvalue weighted by molar-refractivity contribution is -0.139. The Balaban J connectivity index is 2.16. The molecule has 0 aliphatic rings. The van der Waals surface area contributed by atoms with Gasteiger partial charge in [-0.15, -0.1) is 11.8 Å². The van der Waals surface area contributed by atoms with Gasteiger partial charge in [-0.3, -0.25) is 9.59 Å². The van der Waals surface area contributed by atoms with Crippen molar-refractivity contribution in [1.29, 1.82) is 0 Å². The molecule has 0 bridgehead atoms. The summed E-state index contributed by atoms with van der Waals surface area (Å²) in [6, 6.07) is 9.86. The van der Waals surface area contributed by atoms with E-state index in [1.807, 2.05) is 13.0 Å². The largest absolute Gasteiger partial charge is 0.354 e. The van der Waals surface area contributed by atoms with Gasteiger partial charge < -0.3 is 10.2 Å². The van der Waals surface area contributed by atoms with Crippen LogP contribution in [0.5, 0.6) is 0 Å². The van der Waals surface area contributed by atoms with E-state index in [2.05, 4.69) is 12.2 Å². The van der Waals surface area contributed by atoms with Gasteiger partial charge in [0, 0.05) is 38.9 Å². The van der Waals surface area contributed by atoms with Crippen molar-refractivity contribution in [3.63, 3.8) is 0 Å². The third-order valence-electron chi connectivity index (χ3n) is 5.07. The second-order valence-corrected chi connectivity index (χ2v) is 10.2. The Morgan fingerprint density at radius 3 is 2.12 bits per heavy atom. The van der Waals surface area contributed by atoms with Crippen LogP contribution in [0.3, 0.4) is 0 Å². The Kier molecular flexibility index (Phi) is 12.2. The molecule has 0 saturated heterocycles. The maximum Gasteiger partial charge on any atom is 0.242 e. The maximum absolute atomic E-state index is 13.3. The zero-order chi connectivity index (χ0) is 24.4. The predicted octanol–water partition coefficient (Wildman–Crippen LogP) is 7.26. The summed E-state index contributed by atoms with van der Waals surface area (Å²) in [5.41, 5.74) is 1.63. The molecule has 1 atom stereocenters. The third-order valence-corrected chi connectivity index (χ3v) is 7.21. The lowest BCUT2D eigenvalue weighted by Crippen LogP contribution is -2.49. The minimum absolute atomic E-state index is 0.145. The van der Waals surface area contributed by atoms with E-state index in [-0.39, 0.29) is 24.1 Å². The molecule has 0 aromatic heterocycles. The molecule has 4 nitrogen and oxygen atoms in total. The number of hydrogen-bond donors (Lipinski definition) is 1. The van der Waals surface area contributed by atoms with E-state index in [1.165, 1.54) is 11.8 Å². The molecule has 0 fully saturated rings. The van der Waals surface area contributed by atoms with Crippen LogP contribution >= 0.6 is 58.2 Å². The molecular formula is C24H28Cl4N2O2S. The molecule has 0 spiro atoms. The summed E-state index contributed by atoms with van der Waals surface area (Å²) >= 11 is 26.0. The highest BCUT2D eigenvalue weighted by Gasteiger charge is 2.29. The van der Waals surface area contributed by atoms with Gasteiger partial charge in [0.05, 0.1) is 5.75 Å². The second kappa shape index (κ2) is 14.3. The van der Waals surface area contributed by atoms with Crippen LogP contribution in [-0.2, 0) is 21.9 Å². The monoisotopic (exact) mass is 548 g/mol. The van der Waals surface area contributed by atoms with Crippen molar-refractivity contribution < 1.29 is 9.59 Å². The average molecular weight is 550 g/mol. The Morgan fingerprint density at radius 2 is 1.58 bits per heavy atom. The van der Waals surface area contributed by atoms with Crippen molar-refractivity contribution >= 4 is 70.0 Å². The van der Waals surface area contributed by atoms with Crippen molar-refractivity contribution in [2.75, 3.05) is 12.3 Å². The van der Waals surface area contributed by atoms with E-state index < -0.39 is 6.04 Å². The molecule has 1 N–H and O–H groups in total. The smallest absolute Gasteiger partial charge is 0.242 e. The number of rotatable bonds is 12. The van der Waals surface area contributed by atoms with Gasteiger partial charge in [0.2, 0.25) is 11.8 Å². The number of carbonyl (C=O) groups excluding carboxylic acids is 2. The number of benzene rings is 2. The van der Waals surface area contributed by atoms with Gasteiger partial charge in [0.15, 0.2) is 0 Å². The molecule has 0 heterocycles. The Bertz CT molecular complexity index is 958. The van der Waals surface area contributed by atoms with Crippen LogP contribution in [0.15, 0.2) is 36.4 Å². The molecule has 0 unspecified atom stereocenters. The number of hydrogen-bond acceptors (Lipinski definition) is 3. The van der Waals surface area contributed by atoms with Gasteiger partial charge in [-0.25, -0.2) is 0 Å². The van der Waals surface area contributed by atoms with Crippen molar-refractivity contribution in [2.24, 2.45) is 0 Å². The molecule has 0 saturated carbocycles. The normalized spacial score (nSPS) is 11.8. The molecule has 2 aromatic rings. The Hall–Kier alpha value is -1.11. The van der Waals surface area contributed by atoms with Crippen LogP contribution in [-0.4, -0.2) is 35.1 Å². The lowest BCUT2D eigenvalue weighted by atomic mass is 10.1. The second-order valence-electron chi connectivity index (χ2n) is 7.55. The number of carbonyl (C=O) groups is 2. The van der Waals surface area contributed by atoms with E-state index >= 15 is 0 Å². The molecule has 2 aromatic carbocycles. The zero-order valence-corrected chi connectivity index (χ0v) is 22.5. The molecule has 0 radical (unpaired) electrons. The van der Waals surface area contributed by atoms with Crippen LogP contribution in [0.1, 0.15) is 44.2 Å². The van der Waals surface area contributed by atoms with E-state index in [0.717, 1.165) is 24.0 Å². The topological polar surface area (TPSA) is 49.4 Å². The van der Waals surface area contributed by atoms with E-state index in [4.69, 9.17) is 46.4 Å². The highest BCUT2D eigenvalue weighted by molar-refractivity contribution is 7.99. The molecule has 2 amide bonds. The van der Waals surface area contributed by atoms with Crippen molar-refractivity contribution in [2.45, 2.75) is 51.4 Å². The molecular weight excluding hydrogens is 522 g/mol. The first-order valence-corrected chi connectivity index (χ1v) is 13.5. The first-order chi connectivity index (χ1) is 15.8. The fraction of sp³-hybridized carbons (Fsp3) is 0.417.